The third-order valence-electron chi connectivity index (χ3n) is 2.75. The minimum atomic E-state index is -0.482. The predicted octanol–water partition coefficient (Wildman–Crippen LogP) is 1.80. The van der Waals surface area contributed by atoms with Crippen LogP contribution < -0.4 is 20.9 Å². The summed E-state index contributed by atoms with van der Waals surface area (Å²) < 4.78 is 5.25. The zero-order chi connectivity index (χ0) is 16.1. The number of nitrogens with one attached hydrogen (secondary N) is 3. The highest BCUT2D eigenvalue weighted by Crippen LogP contribution is 2.28. The van der Waals surface area contributed by atoms with E-state index in [1.807, 2.05) is 0 Å². The fraction of sp³-hybridized carbons (Fsp3) is 0.308. The Hall–Kier alpha value is -1.57. The van der Waals surface area contributed by atoms with Gasteiger partial charge in [0.15, 0.2) is 11.7 Å². The van der Waals surface area contributed by atoms with Gasteiger partial charge in [-0.1, -0.05) is 23.2 Å². The maximum Gasteiger partial charge on any atom is 0.264 e. The van der Waals surface area contributed by atoms with Crippen molar-refractivity contribution in [3.05, 3.63) is 28.2 Å². The number of carbonyl (C=O) groups is 2. The van der Waals surface area contributed by atoms with E-state index >= 15 is 0 Å². The number of hydrazine groups is 1. The molecule has 0 aliphatic heterocycles. The molecule has 118 valence electrons. The molecule has 0 heterocycles. The van der Waals surface area contributed by atoms with Crippen LogP contribution in [0.4, 0.5) is 0 Å². The van der Waals surface area contributed by atoms with Crippen molar-refractivity contribution >= 4 is 52.3 Å². The summed E-state index contributed by atoms with van der Waals surface area (Å²) in [4.78, 5) is 23.0. The monoisotopic (exact) mass is 361 g/mol. The Balaban J connectivity index is 1.70. The van der Waals surface area contributed by atoms with Crippen molar-refractivity contribution in [2.45, 2.75) is 12.8 Å². The van der Waals surface area contributed by atoms with Crippen molar-refractivity contribution in [1.82, 2.24) is 16.2 Å². The lowest BCUT2D eigenvalue weighted by molar-refractivity contribution is -0.123. The summed E-state index contributed by atoms with van der Waals surface area (Å²) in [7, 11) is 0. The highest BCUT2D eigenvalue weighted by Gasteiger charge is 2.29. The molecule has 1 aliphatic carbocycles. The molecule has 0 spiro atoms. The van der Waals surface area contributed by atoms with Crippen LogP contribution in [0.2, 0.25) is 10.0 Å². The van der Waals surface area contributed by atoms with Crippen LogP contribution in [0.25, 0.3) is 0 Å². The predicted molar refractivity (Wildman–Crippen MR) is 86.7 cm³/mol. The van der Waals surface area contributed by atoms with Gasteiger partial charge in [0.05, 0.1) is 5.02 Å². The largest absolute Gasteiger partial charge is 0.482 e. The molecule has 6 nitrogen and oxygen atoms in total. The number of hydrogen-bond acceptors (Lipinski definition) is 4. The van der Waals surface area contributed by atoms with Gasteiger partial charge in [-0.15, -0.1) is 0 Å². The van der Waals surface area contributed by atoms with Crippen LogP contribution in [0.15, 0.2) is 18.2 Å². The summed E-state index contributed by atoms with van der Waals surface area (Å²) in [5, 5.41) is 3.13. The molecular weight excluding hydrogens is 349 g/mol. The Kier molecular flexibility index (Phi) is 5.82. The van der Waals surface area contributed by atoms with Gasteiger partial charge in [0.25, 0.3) is 5.91 Å². The Bertz CT molecular complexity index is 608. The summed E-state index contributed by atoms with van der Waals surface area (Å²) in [5.74, 6) is -0.242. The minimum absolute atomic E-state index is 0.00944. The molecule has 2 rings (SSSR count). The third-order valence-corrected chi connectivity index (χ3v) is 3.49. The smallest absolute Gasteiger partial charge is 0.264 e. The van der Waals surface area contributed by atoms with Gasteiger partial charge in [0, 0.05) is 10.9 Å². The van der Waals surface area contributed by atoms with Crippen LogP contribution >= 0.6 is 35.4 Å². The molecule has 9 heteroatoms. The fourth-order valence-electron chi connectivity index (χ4n) is 1.50. The van der Waals surface area contributed by atoms with Crippen LogP contribution in [0.5, 0.6) is 5.75 Å². The normalized spacial score (nSPS) is 13.2. The highest BCUT2D eigenvalue weighted by molar-refractivity contribution is 7.80. The zero-order valence-electron chi connectivity index (χ0n) is 11.3. The van der Waals surface area contributed by atoms with E-state index in [-0.39, 0.29) is 23.5 Å². The molecule has 0 aromatic heterocycles. The van der Waals surface area contributed by atoms with E-state index in [2.05, 4.69) is 16.2 Å². The number of ether oxygens (including phenoxy) is 1. The van der Waals surface area contributed by atoms with Crippen molar-refractivity contribution in [3.63, 3.8) is 0 Å². The quantitative estimate of drug-likeness (QED) is 0.562. The van der Waals surface area contributed by atoms with Crippen LogP contribution in [-0.2, 0) is 9.59 Å². The first-order valence-corrected chi connectivity index (χ1v) is 7.59. The summed E-state index contributed by atoms with van der Waals surface area (Å²) in [5.41, 5.74) is 4.87. The van der Waals surface area contributed by atoms with Crippen LogP contribution in [0.1, 0.15) is 12.8 Å². The van der Waals surface area contributed by atoms with Gasteiger partial charge in [0.2, 0.25) is 5.91 Å². The molecule has 1 aliphatic rings. The van der Waals surface area contributed by atoms with Crippen LogP contribution in [-0.4, -0.2) is 23.5 Å². The molecule has 1 aromatic carbocycles. The first kappa shape index (κ1) is 16.8. The average molecular weight is 362 g/mol. The van der Waals surface area contributed by atoms with Crippen molar-refractivity contribution in [3.8, 4) is 5.75 Å². The van der Waals surface area contributed by atoms with Gasteiger partial charge < -0.3 is 4.74 Å². The standard InChI is InChI=1S/C13H13Cl2N3O3S/c14-8-3-4-10(9(15)5-8)21-6-11(19)16-13(22)18-17-12(20)7-1-2-7/h3-5,7H,1-2,6H2,(H,17,20)(H2,16,18,19,22). The SMILES string of the molecule is O=C(COc1ccc(Cl)cc1Cl)NC(=S)NNC(=O)C1CC1. The first-order chi connectivity index (χ1) is 10.5. The van der Waals surface area contributed by atoms with Crippen LogP contribution in [0.3, 0.4) is 0 Å². The maximum atomic E-state index is 11.7. The Morgan fingerprint density at radius 3 is 2.64 bits per heavy atom. The number of benzene rings is 1. The Morgan fingerprint density at radius 2 is 2.00 bits per heavy atom. The molecule has 0 saturated heterocycles. The molecule has 2 amide bonds. The van der Waals surface area contributed by atoms with E-state index in [9.17, 15) is 9.59 Å². The molecular formula is C13H13Cl2N3O3S. The van der Waals surface area contributed by atoms with Crippen LogP contribution in [0, 0.1) is 5.92 Å². The topological polar surface area (TPSA) is 79.5 Å². The minimum Gasteiger partial charge on any atom is -0.482 e. The Labute approximate surface area is 142 Å². The summed E-state index contributed by atoms with van der Waals surface area (Å²) in [6.07, 6.45) is 1.75. The second-order valence-electron chi connectivity index (χ2n) is 4.63. The number of hydrogen-bond donors (Lipinski definition) is 3. The average Bonchev–Trinajstić information content (AvgIpc) is 3.28. The Morgan fingerprint density at radius 1 is 1.27 bits per heavy atom. The fourth-order valence-corrected chi connectivity index (χ4v) is 2.12. The highest BCUT2D eigenvalue weighted by atomic mass is 35.5. The summed E-state index contributed by atoms with van der Waals surface area (Å²) in [6, 6.07) is 4.67. The first-order valence-electron chi connectivity index (χ1n) is 6.43. The van der Waals surface area contributed by atoms with E-state index in [0.717, 1.165) is 12.8 Å². The summed E-state index contributed by atoms with van der Waals surface area (Å²) >= 11 is 16.5. The molecule has 0 radical (unpaired) electrons. The van der Waals surface area contributed by atoms with Crippen molar-refractivity contribution in [2.75, 3.05) is 6.61 Å². The van der Waals surface area contributed by atoms with E-state index in [1.165, 1.54) is 6.07 Å². The van der Waals surface area contributed by atoms with Gasteiger partial charge in [-0.2, -0.15) is 0 Å². The molecule has 0 unspecified atom stereocenters. The summed E-state index contributed by atoms with van der Waals surface area (Å²) in [6.45, 7) is -0.278. The lowest BCUT2D eigenvalue weighted by atomic mass is 10.3. The second kappa shape index (κ2) is 7.62. The lowest BCUT2D eigenvalue weighted by Gasteiger charge is -2.11. The van der Waals surface area contributed by atoms with E-state index < -0.39 is 5.91 Å². The molecule has 3 N–H and O–H groups in total. The number of halogens is 2. The molecule has 1 aromatic rings. The van der Waals surface area contributed by atoms with Gasteiger partial charge in [0.1, 0.15) is 5.75 Å². The maximum absolute atomic E-state index is 11.7. The lowest BCUT2D eigenvalue weighted by Crippen LogP contribution is -2.49. The second-order valence-corrected chi connectivity index (χ2v) is 5.88. The van der Waals surface area contributed by atoms with Gasteiger partial charge >= 0.3 is 0 Å². The van der Waals surface area contributed by atoms with E-state index in [0.29, 0.717) is 15.8 Å². The zero-order valence-corrected chi connectivity index (χ0v) is 13.6. The molecule has 1 saturated carbocycles. The van der Waals surface area contributed by atoms with Gasteiger partial charge in [-0.3, -0.25) is 25.8 Å². The van der Waals surface area contributed by atoms with Gasteiger partial charge in [-0.05, 0) is 43.3 Å². The number of amides is 2. The van der Waals surface area contributed by atoms with E-state index in [1.54, 1.807) is 12.1 Å². The number of rotatable bonds is 4. The molecule has 0 bridgehead atoms. The van der Waals surface area contributed by atoms with Gasteiger partial charge in [-0.25, -0.2) is 0 Å². The number of thiocarbonyl (C=S) groups is 1. The van der Waals surface area contributed by atoms with Crippen molar-refractivity contribution in [1.29, 1.82) is 0 Å². The number of carbonyl (C=O) groups excluding carboxylic acids is 2. The third kappa shape index (κ3) is 5.32. The van der Waals surface area contributed by atoms with Crippen molar-refractivity contribution in [2.24, 2.45) is 5.92 Å². The molecule has 1 fully saturated rings. The molecule has 22 heavy (non-hydrogen) atoms. The molecule has 0 atom stereocenters. The van der Waals surface area contributed by atoms with Crippen molar-refractivity contribution < 1.29 is 14.3 Å². The van der Waals surface area contributed by atoms with E-state index in [4.69, 9.17) is 40.2 Å².